The number of amides is 1. The fraction of sp³-hybridized carbons (Fsp3) is 0.188. The molecule has 1 amide bonds. The maximum atomic E-state index is 12.4. The van der Waals surface area contributed by atoms with Crippen molar-refractivity contribution >= 4 is 45.2 Å². The molecule has 2 heterocycles. The highest BCUT2D eigenvalue weighted by atomic mass is 127. The molecule has 0 aliphatic heterocycles. The second-order valence-corrected chi connectivity index (χ2v) is 6.38. The number of aryl methyl sites for hydroxylation is 3. The lowest BCUT2D eigenvalue weighted by atomic mass is 10.2. The van der Waals surface area contributed by atoms with Gasteiger partial charge in [-0.3, -0.25) is 9.48 Å². The van der Waals surface area contributed by atoms with Crippen LogP contribution in [0.2, 0.25) is 0 Å². The lowest BCUT2D eigenvalue weighted by Gasteiger charge is -2.07. The van der Waals surface area contributed by atoms with Crippen molar-refractivity contribution in [3.05, 3.63) is 50.9 Å². The largest absolute Gasteiger partial charge is 0.322 e. The van der Waals surface area contributed by atoms with Crippen LogP contribution in [-0.2, 0) is 7.05 Å². The molecule has 0 spiro atoms. The van der Waals surface area contributed by atoms with E-state index in [0.717, 1.165) is 26.0 Å². The Morgan fingerprint density at radius 2 is 2.05 bits per heavy atom. The van der Waals surface area contributed by atoms with E-state index in [4.69, 9.17) is 0 Å². The number of nitrogens with one attached hydrogen (secondary N) is 1. The van der Waals surface area contributed by atoms with Crippen molar-refractivity contribution in [3.63, 3.8) is 0 Å². The predicted octanol–water partition coefficient (Wildman–Crippen LogP) is 3.44. The number of benzene rings is 1. The zero-order valence-electron chi connectivity index (χ0n) is 12.5. The minimum atomic E-state index is -0.169. The molecule has 0 aliphatic rings. The van der Waals surface area contributed by atoms with Crippen molar-refractivity contribution in [1.82, 2.24) is 14.8 Å². The molecule has 0 atom stereocenters. The van der Waals surface area contributed by atoms with E-state index < -0.39 is 0 Å². The number of nitrogens with zero attached hydrogens (tertiary/aromatic N) is 3. The van der Waals surface area contributed by atoms with Crippen LogP contribution in [-0.4, -0.2) is 20.7 Å². The van der Waals surface area contributed by atoms with Crippen molar-refractivity contribution < 1.29 is 4.79 Å². The molecule has 0 aliphatic carbocycles. The number of pyridine rings is 1. The third kappa shape index (κ3) is 2.70. The van der Waals surface area contributed by atoms with Gasteiger partial charge in [0.25, 0.3) is 5.91 Å². The molecular weight excluding hydrogens is 391 g/mol. The summed E-state index contributed by atoms with van der Waals surface area (Å²) in [4.78, 5) is 16.7. The second-order valence-electron chi connectivity index (χ2n) is 5.22. The van der Waals surface area contributed by atoms with Crippen LogP contribution in [0.15, 0.2) is 30.5 Å². The number of carbonyl (C=O) groups excluding carboxylic acids is 1. The fourth-order valence-corrected chi connectivity index (χ4v) is 2.82. The zero-order chi connectivity index (χ0) is 15.9. The molecule has 0 saturated heterocycles. The molecule has 0 radical (unpaired) electrons. The van der Waals surface area contributed by atoms with E-state index in [-0.39, 0.29) is 5.91 Å². The smallest absolute Gasteiger partial charge is 0.257 e. The predicted molar refractivity (Wildman–Crippen MR) is 95.1 cm³/mol. The molecule has 3 aromatic rings. The van der Waals surface area contributed by atoms with Gasteiger partial charge in [0.1, 0.15) is 0 Å². The summed E-state index contributed by atoms with van der Waals surface area (Å²) in [5.41, 5.74) is 4.14. The first-order valence-electron chi connectivity index (χ1n) is 6.82. The van der Waals surface area contributed by atoms with Gasteiger partial charge in [0.05, 0.1) is 11.3 Å². The lowest BCUT2D eigenvalue weighted by molar-refractivity contribution is 0.102. The van der Waals surface area contributed by atoms with Crippen LogP contribution in [0.1, 0.15) is 21.6 Å². The number of hydrogen-bond donors (Lipinski definition) is 1. The van der Waals surface area contributed by atoms with E-state index in [1.165, 1.54) is 5.56 Å². The van der Waals surface area contributed by atoms with Gasteiger partial charge in [0.2, 0.25) is 0 Å². The quantitative estimate of drug-likeness (QED) is 0.664. The Hall–Kier alpha value is -1.96. The third-order valence-electron chi connectivity index (χ3n) is 3.55. The van der Waals surface area contributed by atoms with Gasteiger partial charge in [-0.05, 0) is 60.2 Å². The standard InChI is InChI=1S/C16H15IN4O/c1-9-4-5-12(7-14(9)17)19-16(22)11-6-13-10(2)20-21(3)15(13)18-8-11/h4-8H,1-3H3,(H,19,22). The first kappa shape index (κ1) is 15.0. The number of carbonyl (C=O) groups is 1. The van der Waals surface area contributed by atoms with Gasteiger partial charge < -0.3 is 5.32 Å². The molecule has 0 unspecified atom stereocenters. The Balaban J connectivity index is 1.91. The molecule has 0 fully saturated rings. The van der Waals surface area contributed by atoms with E-state index in [9.17, 15) is 4.79 Å². The SMILES string of the molecule is Cc1ccc(NC(=O)c2cnc3c(c2)c(C)nn3C)cc1I. The molecule has 3 rings (SSSR count). The molecule has 6 heteroatoms. The van der Waals surface area contributed by atoms with Crippen molar-refractivity contribution in [1.29, 1.82) is 0 Å². The van der Waals surface area contributed by atoms with E-state index >= 15 is 0 Å². The Morgan fingerprint density at radius 1 is 1.27 bits per heavy atom. The van der Waals surface area contributed by atoms with Crippen LogP contribution >= 0.6 is 22.6 Å². The molecule has 112 valence electrons. The van der Waals surface area contributed by atoms with E-state index in [1.807, 2.05) is 45.2 Å². The van der Waals surface area contributed by atoms with Gasteiger partial charge in [0.15, 0.2) is 5.65 Å². The van der Waals surface area contributed by atoms with Gasteiger partial charge in [-0.1, -0.05) is 6.07 Å². The van der Waals surface area contributed by atoms with Crippen LogP contribution in [0.3, 0.4) is 0 Å². The number of fused-ring (bicyclic) bond motifs is 1. The molecule has 0 saturated carbocycles. The van der Waals surface area contributed by atoms with Gasteiger partial charge in [0, 0.05) is 27.9 Å². The molecule has 1 N–H and O–H groups in total. The van der Waals surface area contributed by atoms with E-state index in [1.54, 1.807) is 10.9 Å². The normalized spacial score (nSPS) is 10.9. The third-order valence-corrected chi connectivity index (χ3v) is 4.72. The van der Waals surface area contributed by atoms with E-state index in [2.05, 4.69) is 38.0 Å². The molecular formula is C16H15IN4O. The topological polar surface area (TPSA) is 59.8 Å². The van der Waals surface area contributed by atoms with Gasteiger partial charge in [-0.15, -0.1) is 0 Å². The summed E-state index contributed by atoms with van der Waals surface area (Å²) in [6, 6.07) is 7.68. The number of hydrogen-bond acceptors (Lipinski definition) is 3. The first-order valence-corrected chi connectivity index (χ1v) is 7.90. The van der Waals surface area contributed by atoms with Gasteiger partial charge in [-0.2, -0.15) is 5.10 Å². The summed E-state index contributed by atoms with van der Waals surface area (Å²) in [6.07, 6.45) is 1.58. The van der Waals surface area contributed by atoms with Crippen molar-refractivity contribution in [2.75, 3.05) is 5.32 Å². The Bertz CT molecular complexity index is 885. The highest BCUT2D eigenvalue weighted by Crippen LogP contribution is 2.20. The molecule has 22 heavy (non-hydrogen) atoms. The molecule has 2 aromatic heterocycles. The highest BCUT2D eigenvalue weighted by molar-refractivity contribution is 14.1. The van der Waals surface area contributed by atoms with Crippen molar-refractivity contribution in [2.24, 2.45) is 7.05 Å². The summed E-state index contributed by atoms with van der Waals surface area (Å²) in [7, 11) is 1.84. The number of anilines is 1. The summed E-state index contributed by atoms with van der Waals surface area (Å²) in [5.74, 6) is -0.169. The maximum Gasteiger partial charge on any atom is 0.257 e. The molecule has 1 aromatic carbocycles. The first-order chi connectivity index (χ1) is 10.5. The average molecular weight is 406 g/mol. The van der Waals surface area contributed by atoms with Crippen LogP contribution in [0, 0.1) is 17.4 Å². The average Bonchev–Trinajstić information content (AvgIpc) is 2.77. The summed E-state index contributed by atoms with van der Waals surface area (Å²) in [5, 5.41) is 8.12. The summed E-state index contributed by atoms with van der Waals surface area (Å²) < 4.78 is 2.83. The minimum Gasteiger partial charge on any atom is -0.322 e. The molecule has 0 bridgehead atoms. The Morgan fingerprint density at radius 3 is 2.77 bits per heavy atom. The summed E-state index contributed by atoms with van der Waals surface area (Å²) >= 11 is 2.26. The van der Waals surface area contributed by atoms with Gasteiger partial charge in [-0.25, -0.2) is 4.98 Å². The minimum absolute atomic E-state index is 0.169. The Labute approximate surface area is 141 Å². The zero-order valence-corrected chi connectivity index (χ0v) is 14.7. The number of aromatic nitrogens is 3. The van der Waals surface area contributed by atoms with Crippen molar-refractivity contribution in [2.45, 2.75) is 13.8 Å². The van der Waals surface area contributed by atoms with Crippen LogP contribution in [0.4, 0.5) is 5.69 Å². The second kappa shape index (κ2) is 5.68. The van der Waals surface area contributed by atoms with E-state index in [0.29, 0.717) is 5.56 Å². The maximum absolute atomic E-state index is 12.4. The summed E-state index contributed by atoms with van der Waals surface area (Å²) in [6.45, 7) is 3.95. The molecule has 5 nitrogen and oxygen atoms in total. The van der Waals surface area contributed by atoms with Crippen molar-refractivity contribution in [3.8, 4) is 0 Å². The monoisotopic (exact) mass is 406 g/mol. The number of rotatable bonds is 2. The number of halogens is 1. The van der Waals surface area contributed by atoms with Gasteiger partial charge >= 0.3 is 0 Å². The van der Waals surface area contributed by atoms with Crippen LogP contribution in [0.25, 0.3) is 11.0 Å². The highest BCUT2D eigenvalue weighted by Gasteiger charge is 2.12. The van der Waals surface area contributed by atoms with Crippen LogP contribution in [0.5, 0.6) is 0 Å². The lowest BCUT2D eigenvalue weighted by Crippen LogP contribution is -2.12. The van der Waals surface area contributed by atoms with Crippen LogP contribution < -0.4 is 5.32 Å². The fourth-order valence-electron chi connectivity index (χ4n) is 2.31. The Kier molecular flexibility index (Phi) is 3.86.